The summed E-state index contributed by atoms with van der Waals surface area (Å²) in [5.41, 5.74) is 0.647. The fourth-order valence-electron chi connectivity index (χ4n) is 0.765. The van der Waals surface area contributed by atoms with Crippen LogP contribution in [0.4, 0.5) is 0 Å². The van der Waals surface area contributed by atoms with Crippen molar-refractivity contribution in [1.29, 1.82) is 0 Å². The van der Waals surface area contributed by atoms with Crippen LogP contribution in [-0.4, -0.2) is 0 Å². The lowest BCUT2D eigenvalue weighted by atomic mass is 10.4. The van der Waals surface area contributed by atoms with E-state index in [4.69, 9.17) is 4.42 Å². The van der Waals surface area contributed by atoms with Crippen molar-refractivity contribution >= 4 is 21.6 Å². The predicted molar refractivity (Wildman–Crippen MR) is 39.2 cm³/mol. The molecule has 49 valence electrons. The van der Waals surface area contributed by atoms with Crippen molar-refractivity contribution in [3.05, 3.63) is 34.0 Å². The van der Waals surface area contributed by atoms with Crippen LogP contribution >= 0.6 is 11.3 Å². The highest BCUT2D eigenvalue weighted by molar-refractivity contribution is 7.16. The highest BCUT2D eigenvalue weighted by Crippen LogP contribution is 2.14. The maximum Gasteiger partial charge on any atom is 0.396 e. The van der Waals surface area contributed by atoms with Crippen LogP contribution < -0.4 is 4.94 Å². The van der Waals surface area contributed by atoms with Crippen LogP contribution in [0.2, 0.25) is 0 Å². The molecule has 0 spiro atoms. The van der Waals surface area contributed by atoms with Crippen LogP contribution in [0.25, 0.3) is 10.3 Å². The van der Waals surface area contributed by atoms with Crippen molar-refractivity contribution in [3.8, 4) is 0 Å². The molecule has 0 bridgehead atoms. The van der Waals surface area contributed by atoms with Gasteiger partial charge < -0.3 is 4.42 Å². The molecule has 0 aliphatic carbocycles. The van der Waals surface area contributed by atoms with E-state index in [9.17, 15) is 4.79 Å². The number of hydrogen-bond acceptors (Lipinski definition) is 3. The van der Waals surface area contributed by atoms with Gasteiger partial charge in [0, 0.05) is 0 Å². The van der Waals surface area contributed by atoms with Crippen LogP contribution in [0.15, 0.2) is 27.4 Å². The zero-order valence-corrected chi connectivity index (χ0v) is 5.77. The smallest absolute Gasteiger partial charge is 0.396 e. The largest absolute Gasteiger partial charge is 0.414 e. The minimum Gasteiger partial charge on any atom is -0.414 e. The summed E-state index contributed by atoms with van der Waals surface area (Å²) >= 11 is 1.10. The Labute approximate surface area is 60.7 Å². The lowest BCUT2D eigenvalue weighted by Crippen LogP contribution is -1.79. The molecule has 2 aromatic rings. The van der Waals surface area contributed by atoms with Crippen LogP contribution in [0.1, 0.15) is 0 Å². The van der Waals surface area contributed by atoms with E-state index >= 15 is 0 Å². The van der Waals surface area contributed by atoms with Crippen molar-refractivity contribution in [2.24, 2.45) is 0 Å². The molecule has 0 unspecified atom stereocenters. The summed E-state index contributed by atoms with van der Waals surface area (Å²) < 4.78 is 5.66. The van der Waals surface area contributed by atoms with Gasteiger partial charge in [0.25, 0.3) is 0 Å². The van der Waals surface area contributed by atoms with Gasteiger partial charge >= 0.3 is 4.94 Å². The van der Waals surface area contributed by atoms with Gasteiger partial charge in [0.1, 0.15) is 5.58 Å². The first-order chi connectivity index (χ1) is 4.86. The topological polar surface area (TPSA) is 30.2 Å². The third-order valence-electron chi connectivity index (χ3n) is 1.17. The van der Waals surface area contributed by atoms with Gasteiger partial charge in [0.2, 0.25) is 0 Å². The average molecular weight is 151 g/mol. The quantitative estimate of drug-likeness (QED) is 0.573. The molecule has 0 aliphatic heterocycles. The standard InChI is InChI=1S/C7H3O2S/c8-7-9-5-3-1-2-4-6(5)10-7/h1,3-4H. The minimum atomic E-state index is -0.255. The summed E-state index contributed by atoms with van der Waals surface area (Å²) in [5, 5.41) is 0. The van der Waals surface area contributed by atoms with Crippen LogP contribution in [-0.2, 0) is 0 Å². The monoisotopic (exact) mass is 151 g/mol. The first-order valence-corrected chi connectivity index (χ1v) is 3.58. The Morgan fingerprint density at radius 3 is 3.30 bits per heavy atom. The van der Waals surface area contributed by atoms with Gasteiger partial charge in [-0.2, -0.15) is 0 Å². The molecule has 1 heterocycles. The molecule has 0 saturated heterocycles. The summed E-state index contributed by atoms with van der Waals surface area (Å²) in [4.78, 5) is 10.4. The normalized spacial score (nSPS) is 10.4. The van der Waals surface area contributed by atoms with Gasteiger partial charge in [-0.1, -0.05) is 17.4 Å². The van der Waals surface area contributed by atoms with Crippen LogP contribution in [0.3, 0.4) is 0 Å². The predicted octanol–water partition coefficient (Wildman–Crippen LogP) is 1.65. The number of hydrogen-bond donors (Lipinski definition) is 0. The lowest BCUT2D eigenvalue weighted by molar-refractivity contribution is 0.585. The van der Waals surface area contributed by atoms with E-state index in [1.807, 2.05) is 0 Å². The fraction of sp³-hybridized carbons (Fsp3) is 0. The molecule has 0 aliphatic rings. The molecule has 1 aromatic carbocycles. The second-order valence-corrected chi connectivity index (χ2v) is 2.80. The van der Waals surface area contributed by atoms with Gasteiger partial charge in [-0.25, -0.2) is 4.79 Å². The number of rotatable bonds is 0. The minimum absolute atomic E-state index is 0.255. The molecule has 0 saturated carbocycles. The van der Waals surface area contributed by atoms with Gasteiger partial charge in [0.05, 0.1) is 4.70 Å². The van der Waals surface area contributed by atoms with E-state index in [1.54, 1.807) is 18.2 Å². The Morgan fingerprint density at radius 1 is 1.60 bits per heavy atom. The van der Waals surface area contributed by atoms with Crippen molar-refractivity contribution in [2.75, 3.05) is 0 Å². The number of fused-ring (bicyclic) bond motifs is 1. The first kappa shape index (κ1) is 5.68. The molecule has 2 nitrogen and oxygen atoms in total. The molecule has 0 amide bonds. The second kappa shape index (κ2) is 1.95. The molecule has 10 heavy (non-hydrogen) atoms. The Bertz CT molecular complexity index is 363. The summed E-state index contributed by atoms with van der Waals surface area (Å²) in [7, 11) is 0. The van der Waals surface area contributed by atoms with E-state index in [-0.39, 0.29) is 4.94 Å². The Morgan fingerprint density at radius 2 is 2.50 bits per heavy atom. The summed E-state index contributed by atoms with van der Waals surface area (Å²) in [5.74, 6) is 0. The Kier molecular flexibility index (Phi) is 1.11. The maximum atomic E-state index is 10.6. The Balaban J connectivity index is 3.01. The van der Waals surface area contributed by atoms with E-state index in [0.29, 0.717) is 5.58 Å². The molecule has 0 N–H and O–H groups in total. The molecule has 1 aromatic heterocycles. The van der Waals surface area contributed by atoms with Gasteiger partial charge in [0.15, 0.2) is 0 Å². The van der Waals surface area contributed by atoms with Crippen molar-refractivity contribution in [3.63, 3.8) is 0 Å². The summed E-state index contributed by atoms with van der Waals surface area (Å²) in [6.07, 6.45) is 0. The molecule has 2 rings (SSSR count). The molecule has 0 atom stereocenters. The molecular formula is C7H3O2S. The van der Waals surface area contributed by atoms with Crippen LogP contribution in [0.5, 0.6) is 0 Å². The highest BCUT2D eigenvalue weighted by Gasteiger charge is 1.97. The zero-order valence-electron chi connectivity index (χ0n) is 4.96. The third-order valence-corrected chi connectivity index (χ3v) is 1.96. The second-order valence-electron chi connectivity index (χ2n) is 1.83. The summed E-state index contributed by atoms with van der Waals surface area (Å²) in [6.45, 7) is 0. The van der Waals surface area contributed by atoms with Crippen molar-refractivity contribution in [2.45, 2.75) is 0 Å². The van der Waals surface area contributed by atoms with Crippen LogP contribution in [0, 0.1) is 6.07 Å². The van der Waals surface area contributed by atoms with Crippen molar-refractivity contribution in [1.82, 2.24) is 0 Å². The summed E-state index contributed by atoms with van der Waals surface area (Å²) in [6, 6.07) is 8.05. The van der Waals surface area contributed by atoms with Crippen molar-refractivity contribution < 1.29 is 4.42 Å². The number of benzene rings is 1. The van der Waals surface area contributed by atoms with E-state index < -0.39 is 0 Å². The Hall–Kier alpha value is -1.09. The zero-order chi connectivity index (χ0) is 6.97. The lowest BCUT2D eigenvalue weighted by Gasteiger charge is -1.78. The molecular weight excluding hydrogens is 148 g/mol. The van der Waals surface area contributed by atoms with E-state index in [2.05, 4.69) is 6.07 Å². The van der Waals surface area contributed by atoms with Gasteiger partial charge in [-0.3, -0.25) is 0 Å². The molecule has 3 heteroatoms. The third kappa shape index (κ3) is 0.752. The fourth-order valence-corrected chi connectivity index (χ4v) is 1.41. The highest BCUT2D eigenvalue weighted by atomic mass is 32.1. The average Bonchev–Trinajstić information content (AvgIpc) is 2.27. The van der Waals surface area contributed by atoms with Gasteiger partial charge in [-0.15, -0.1) is 0 Å². The SMILES string of the molecule is O=c1oc2cc[c]cc2s1. The molecule has 0 fully saturated rings. The van der Waals surface area contributed by atoms with E-state index in [0.717, 1.165) is 16.0 Å². The molecule has 1 radical (unpaired) electrons. The van der Waals surface area contributed by atoms with E-state index in [1.165, 1.54) is 0 Å². The maximum absolute atomic E-state index is 10.6. The first-order valence-electron chi connectivity index (χ1n) is 2.76. The van der Waals surface area contributed by atoms with Gasteiger partial charge in [-0.05, 0) is 18.2 Å².